The van der Waals surface area contributed by atoms with Crippen LogP contribution in [-0.2, 0) is 11.3 Å². The summed E-state index contributed by atoms with van der Waals surface area (Å²) in [4.78, 5) is 10.9. The van der Waals surface area contributed by atoms with E-state index in [0.717, 1.165) is 12.1 Å². The quantitative estimate of drug-likeness (QED) is 0.847. The summed E-state index contributed by atoms with van der Waals surface area (Å²) in [6, 6.07) is 2.29. The zero-order valence-corrected chi connectivity index (χ0v) is 12.7. The number of carboxylic acid groups (broad SMARTS) is 1. The van der Waals surface area contributed by atoms with Crippen LogP contribution in [0.4, 0.5) is 8.78 Å². The van der Waals surface area contributed by atoms with Gasteiger partial charge in [0.15, 0.2) is 23.5 Å². The topological polar surface area (TPSA) is 58.6 Å². The standard InChI is InChI=1S/C15H21F2NO3/c1-5-12(14(19)20)21-13-10(16)6-9(7-11(13)17)8-18-15(2,3)4/h6-7,12,18H,5,8H2,1-4H3,(H,19,20). The van der Waals surface area contributed by atoms with E-state index in [-0.39, 0.29) is 12.0 Å². The first kappa shape index (κ1) is 17.4. The fraction of sp³-hybridized carbons (Fsp3) is 0.533. The van der Waals surface area contributed by atoms with Gasteiger partial charge in [-0.2, -0.15) is 0 Å². The number of carbonyl (C=O) groups is 1. The molecule has 0 bridgehead atoms. The predicted octanol–water partition coefficient (Wildman–Crippen LogP) is 3.09. The van der Waals surface area contributed by atoms with Crippen molar-refractivity contribution in [2.75, 3.05) is 0 Å². The predicted molar refractivity (Wildman–Crippen MR) is 75.3 cm³/mol. The van der Waals surface area contributed by atoms with Crippen LogP contribution in [0, 0.1) is 11.6 Å². The molecule has 1 atom stereocenters. The van der Waals surface area contributed by atoms with Crippen molar-refractivity contribution in [1.29, 1.82) is 0 Å². The maximum Gasteiger partial charge on any atom is 0.344 e. The first-order valence-corrected chi connectivity index (χ1v) is 6.76. The van der Waals surface area contributed by atoms with E-state index < -0.39 is 29.5 Å². The fourth-order valence-electron chi connectivity index (χ4n) is 1.64. The number of rotatable bonds is 6. The second-order valence-corrected chi connectivity index (χ2v) is 5.85. The third-order valence-corrected chi connectivity index (χ3v) is 2.79. The Bertz CT molecular complexity index is 489. The van der Waals surface area contributed by atoms with Crippen LogP contribution >= 0.6 is 0 Å². The van der Waals surface area contributed by atoms with Gasteiger partial charge in [0, 0.05) is 12.1 Å². The van der Waals surface area contributed by atoms with Gasteiger partial charge < -0.3 is 15.2 Å². The van der Waals surface area contributed by atoms with Crippen LogP contribution in [0.3, 0.4) is 0 Å². The second-order valence-electron chi connectivity index (χ2n) is 5.85. The molecule has 21 heavy (non-hydrogen) atoms. The molecule has 0 spiro atoms. The molecule has 1 aromatic rings. The van der Waals surface area contributed by atoms with Crippen LogP contribution in [0.2, 0.25) is 0 Å². The van der Waals surface area contributed by atoms with Crippen LogP contribution < -0.4 is 10.1 Å². The molecule has 118 valence electrons. The Morgan fingerprint density at radius 1 is 1.33 bits per heavy atom. The Morgan fingerprint density at radius 2 is 1.86 bits per heavy atom. The van der Waals surface area contributed by atoms with Gasteiger partial charge in [0.2, 0.25) is 0 Å². The highest BCUT2D eigenvalue weighted by Crippen LogP contribution is 2.25. The Labute approximate surface area is 123 Å². The van der Waals surface area contributed by atoms with Crippen molar-refractivity contribution in [1.82, 2.24) is 5.32 Å². The Hall–Kier alpha value is -1.69. The number of benzene rings is 1. The molecule has 0 saturated heterocycles. The summed E-state index contributed by atoms with van der Waals surface area (Å²) in [5.41, 5.74) is 0.245. The zero-order chi connectivity index (χ0) is 16.2. The number of aliphatic carboxylic acids is 1. The summed E-state index contributed by atoms with van der Waals surface area (Å²) in [6.07, 6.45) is -1.16. The van der Waals surface area contributed by atoms with Crippen LogP contribution in [-0.4, -0.2) is 22.7 Å². The molecule has 6 heteroatoms. The van der Waals surface area contributed by atoms with Gasteiger partial charge in [0.25, 0.3) is 0 Å². The van der Waals surface area contributed by atoms with Crippen LogP contribution in [0.15, 0.2) is 12.1 Å². The fourth-order valence-corrected chi connectivity index (χ4v) is 1.64. The van der Waals surface area contributed by atoms with E-state index in [1.807, 2.05) is 20.8 Å². The number of hydrogen-bond donors (Lipinski definition) is 2. The summed E-state index contributed by atoms with van der Waals surface area (Å²) in [6.45, 7) is 7.69. The molecule has 1 rings (SSSR count). The summed E-state index contributed by atoms with van der Waals surface area (Å²) in [5.74, 6) is -3.71. The molecule has 1 unspecified atom stereocenters. The van der Waals surface area contributed by atoms with E-state index in [0.29, 0.717) is 12.1 Å². The lowest BCUT2D eigenvalue weighted by Gasteiger charge is -2.21. The lowest BCUT2D eigenvalue weighted by Crippen LogP contribution is -2.35. The minimum atomic E-state index is -1.27. The van der Waals surface area contributed by atoms with Gasteiger partial charge >= 0.3 is 5.97 Å². The molecule has 0 heterocycles. The van der Waals surface area contributed by atoms with Crippen molar-refractivity contribution in [3.8, 4) is 5.75 Å². The van der Waals surface area contributed by atoms with E-state index >= 15 is 0 Å². The Kier molecular flexibility index (Phi) is 5.66. The molecule has 0 aliphatic carbocycles. The van der Waals surface area contributed by atoms with Crippen molar-refractivity contribution in [3.05, 3.63) is 29.3 Å². The van der Waals surface area contributed by atoms with Crippen molar-refractivity contribution in [2.45, 2.75) is 52.3 Å². The largest absolute Gasteiger partial charge is 0.479 e. The third-order valence-electron chi connectivity index (χ3n) is 2.79. The molecular weight excluding hydrogens is 280 g/mol. The van der Waals surface area contributed by atoms with Gasteiger partial charge in [-0.3, -0.25) is 0 Å². The third kappa shape index (κ3) is 5.30. The molecule has 0 aliphatic rings. The van der Waals surface area contributed by atoms with E-state index in [1.54, 1.807) is 6.92 Å². The maximum absolute atomic E-state index is 13.9. The molecule has 0 amide bonds. The summed E-state index contributed by atoms with van der Waals surface area (Å²) >= 11 is 0. The van der Waals surface area contributed by atoms with E-state index in [2.05, 4.69) is 5.32 Å². The lowest BCUT2D eigenvalue weighted by molar-refractivity contribution is -0.145. The number of carboxylic acids is 1. The SMILES string of the molecule is CCC(Oc1c(F)cc(CNC(C)(C)C)cc1F)C(=O)O. The minimum Gasteiger partial charge on any atom is -0.479 e. The van der Waals surface area contributed by atoms with Crippen LogP contribution in [0.5, 0.6) is 5.75 Å². The highest BCUT2D eigenvalue weighted by molar-refractivity contribution is 5.72. The van der Waals surface area contributed by atoms with Gasteiger partial charge in [-0.15, -0.1) is 0 Å². The van der Waals surface area contributed by atoms with Crippen molar-refractivity contribution in [2.24, 2.45) is 0 Å². The monoisotopic (exact) mass is 301 g/mol. The zero-order valence-electron chi connectivity index (χ0n) is 12.7. The number of halogens is 2. The second kappa shape index (κ2) is 6.85. The number of nitrogens with one attached hydrogen (secondary N) is 1. The van der Waals surface area contributed by atoms with Crippen molar-refractivity contribution in [3.63, 3.8) is 0 Å². The average Bonchev–Trinajstić information content (AvgIpc) is 2.34. The maximum atomic E-state index is 13.9. The van der Waals surface area contributed by atoms with Gasteiger partial charge in [-0.05, 0) is 44.9 Å². The molecule has 4 nitrogen and oxygen atoms in total. The highest BCUT2D eigenvalue weighted by atomic mass is 19.1. The molecule has 0 saturated carbocycles. The van der Waals surface area contributed by atoms with Crippen molar-refractivity contribution < 1.29 is 23.4 Å². The molecule has 0 radical (unpaired) electrons. The number of ether oxygens (including phenoxy) is 1. The Balaban J connectivity index is 2.92. The van der Waals surface area contributed by atoms with E-state index in [4.69, 9.17) is 9.84 Å². The molecule has 1 aromatic carbocycles. The van der Waals surface area contributed by atoms with E-state index in [1.165, 1.54) is 0 Å². The molecule has 0 aliphatic heterocycles. The summed E-state index contributed by atoms with van der Waals surface area (Å²) in [7, 11) is 0. The van der Waals surface area contributed by atoms with Gasteiger partial charge in [-0.1, -0.05) is 6.92 Å². The molecule has 2 N–H and O–H groups in total. The molecule has 0 fully saturated rings. The van der Waals surface area contributed by atoms with E-state index in [9.17, 15) is 13.6 Å². The first-order valence-electron chi connectivity index (χ1n) is 6.76. The molecule has 0 aromatic heterocycles. The minimum absolute atomic E-state index is 0.113. The van der Waals surface area contributed by atoms with Crippen molar-refractivity contribution >= 4 is 5.97 Å². The molecular formula is C15H21F2NO3. The summed E-state index contributed by atoms with van der Waals surface area (Å²) in [5, 5.41) is 12.0. The lowest BCUT2D eigenvalue weighted by atomic mass is 10.1. The number of hydrogen-bond acceptors (Lipinski definition) is 3. The first-order chi connectivity index (χ1) is 9.64. The van der Waals surface area contributed by atoms with Gasteiger partial charge in [0.1, 0.15) is 0 Å². The van der Waals surface area contributed by atoms with Crippen LogP contribution in [0.1, 0.15) is 39.7 Å². The van der Waals surface area contributed by atoms with Gasteiger partial charge in [-0.25, -0.2) is 13.6 Å². The van der Waals surface area contributed by atoms with Gasteiger partial charge in [0.05, 0.1) is 0 Å². The highest BCUT2D eigenvalue weighted by Gasteiger charge is 2.22. The van der Waals surface area contributed by atoms with Crippen LogP contribution in [0.25, 0.3) is 0 Å². The Morgan fingerprint density at radius 3 is 2.24 bits per heavy atom. The smallest absolute Gasteiger partial charge is 0.344 e. The summed E-state index contributed by atoms with van der Waals surface area (Å²) < 4.78 is 32.7. The average molecular weight is 301 g/mol. The normalized spacial score (nSPS) is 13.0.